The molecule has 0 saturated carbocycles. The van der Waals surface area contributed by atoms with Crippen LogP contribution in [0.1, 0.15) is 54.2 Å². The van der Waals surface area contributed by atoms with Gasteiger partial charge in [0.05, 0.1) is 0 Å². The normalized spacial score (nSPS) is 20.1. The molecule has 2 heterocycles. The highest BCUT2D eigenvalue weighted by Crippen LogP contribution is 2.31. The van der Waals surface area contributed by atoms with Gasteiger partial charge >= 0.3 is 0 Å². The molecule has 1 saturated heterocycles. The van der Waals surface area contributed by atoms with Crippen molar-refractivity contribution in [2.45, 2.75) is 51.5 Å². The first-order chi connectivity index (χ1) is 14.2. The highest BCUT2D eigenvalue weighted by atomic mass is 16.3. The quantitative estimate of drug-likeness (QED) is 0.781. The molecule has 0 bridgehead atoms. The van der Waals surface area contributed by atoms with Gasteiger partial charge < -0.3 is 15.0 Å². The van der Waals surface area contributed by atoms with Gasteiger partial charge in [-0.15, -0.1) is 0 Å². The molecule has 4 rings (SSSR count). The minimum absolute atomic E-state index is 0.127. The fourth-order valence-electron chi connectivity index (χ4n) is 5.07. The van der Waals surface area contributed by atoms with Crippen molar-refractivity contribution in [3.05, 3.63) is 53.3 Å². The number of nitrogens with zero attached hydrogens (tertiary/aromatic N) is 2. The zero-order valence-corrected chi connectivity index (χ0v) is 17.4. The SMILES string of the molecule is CCCN(CC1CCN(C(=O)c2ccc[nH]2)CC1)[C@H]1CCc2c(O)cccc2C1. The molecule has 1 aromatic heterocycles. The van der Waals surface area contributed by atoms with E-state index in [0.29, 0.717) is 23.4 Å². The van der Waals surface area contributed by atoms with Crippen LogP contribution >= 0.6 is 0 Å². The molecule has 1 aromatic carbocycles. The van der Waals surface area contributed by atoms with E-state index in [4.69, 9.17) is 0 Å². The van der Waals surface area contributed by atoms with E-state index >= 15 is 0 Å². The Labute approximate surface area is 173 Å². The number of carbonyl (C=O) groups is 1. The number of phenols is 1. The van der Waals surface area contributed by atoms with Gasteiger partial charge in [0.1, 0.15) is 11.4 Å². The monoisotopic (exact) mass is 395 g/mol. The van der Waals surface area contributed by atoms with Crippen LogP contribution in [0.25, 0.3) is 0 Å². The van der Waals surface area contributed by atoms with Crippen molar-refractivity contribution in [2.24, 2.45) is 5.92 Å². The number of aromatic amines is 1. The second-order valence-corrected chi connectivity index (χ2v) is 8.63. The molecular formula is C24H33N3O2. The highest BCUT2D eigenvalue weighted by molar-refractivity contribution is 5.92. The number of amides is 1. The summed E-state index contributed by atoms with van der Waals surface area (Å²) in [4.78, 5) is 20.3. The maximum Gasteiger partial charge on any atom is 0.270 e. The topological polar surface area (TPSA) is 59.6 Å². The van der Waals surface area contributed by atoms with Gasteiger partial charge in [0, 0.05) is 31.9 Å². The Hall–Kier alpha value is -2.27. The first-order valence-electron chi connectivity index (χ1n) is 11.1. The van der Waals surface area contributed by atoms with Gasteiger partial charge in [0.15, 0.2) is 0 Å². The molecule has 5 nitrogen and oxygen atoms in total. The largest absolute Gasteiger partial charge is 0.508 e. The minimum atomic E-state index is 0.127. The number of likely N-dealkylation sites (tertiary alicyclic amines) is 1. The number of aromatic hydroxyl groups is 1. The molecule has 1 atom stereocenters. The number of phenolic OH excluding ortho intramolecular Hbond substituents is 1. The Morgan fingerprint density at radius 2 is 2.03 bits per heavy atom. The summed E-state index contributed by atoms with van der Waals surface area (Å²) in [7, 11) is 0. The maximum absolute atomic E-state index is 12.5. The summed E-state index contributed by atoms with van der Waals surface area (Å²) in [5.41, 5.74) is 3.16. The third kappa shape index (κ3) is 4.50. The van der Waals surface area contributed by atoms with Gasteiger partial charge in [-0.2, -0.15) is 0 Å². The van der Waals surface area contributed by atoms with Crippen molar-refractivity contribution in [1.82, 2.24) is 14.8 Å². The van der Waals surface area contributed by atoms with Crippen molar-refractivity contribution < 1.29 is 9.90 Å². The summed E-state index contributed by atoms with van der Waals surface area (Å²) < 4.78 is 0. The lowest BCUT2D eigenvalue weighted by Crippen LogP contribution is -2.46. The van der Waals surface area contributed by atoms with Crippen molar-refractivity contribution >= 4 is 5.91 Å². The zero-order chi connectivity index (χ0) is 20.2. The number of piperidine rings is 1. The van der Waals surface area contributed by atoms with E-state index in [2.05, 4.69) is 22.9 Å². The van der Waals surface area contributed by atoms with Crippen LogP contribution in [0.3, 0.4) is 0 Å². The van der Waals surface area contributed by atoms with Gasteiger partial charge in [-0.05, 0) is 80.3 Å². The average Bonchev–Trinajstić information content (AvgIpc) is 3.28. The molecule has 1 aliphatic heterocycles. The van der Waals surface area contributed by atoms with Crippen molar-refractivity contribution in [2.75, 3.05) is 26.2 Å². The van der Waals surface area contributed by atoms with Gasteiger partial charge in [0.2, 0.25) is 0 Å². The van der Waals surface area contributed by atoms with E-state index in [1.165, 1.54) is 5.56 Å². The van der Waals surface area contributed by atoms with Crippen molar-refractivity contribution in [1.29, 1.82) is 0 Å². The first kappa shape index (κ1) is 20.0. The number of aromatic nitrogens is 1. The lowest BCUT2D eigenvalue weighted by molar-refractivity contribution is 0.0637. The van der Waals surface area contributed by atoms with Crippen LogP contribution in [0.4, 0.5) is 0 Å². The van der Waals surface area contributed by atoms with Crippen molar-refractivity contribution in [3.63, 3.8) is 0 Å². The third-order valence-corrected chi connectivity index (χ3v) is 6.68. The van der Waals surface area contributed by atoms with Crippen molar-refractivity contribution in [3.8, 4) is 5.75 Å². The smallest absolute Gasteiger partial charge is 0.270 e. The second-order valence-electron chi connectivity index (χ2n) is 8.63. The highest BCUT2D eigenvalue weighted by Gasteiger charge is 2.29. The van der Waals surface area contributed by atoms with Crippen LogP contribution in [0.15, 0.2) is 36.5 Å². The Morgan fingerprint density at radius 1 is 1.21 bits per heavy atom. The fraction of sp³-hybridized carbons (Fsp3) is 0.542. The lowest BCUT2D eigenvalue weighted by atomic mass is 9.86. The number of hydrogen-bond donors (Lipinski definition) is 2. The molecule has 0 unspecified atom stereocenters. The Bertz CT molecular complexity index is 810. The van der Waals surface area contributed by atoms with Gasteiger partial charge in [0.25, 0.3) is 5.91 Å². The lowest BCUT2D eigenvalue weighted by Gasteiger charge is -2.39. The number of fused-ring (bicyclic) bond motifs is 1. The number of H-pyrrole nitrogens is 1. The Balaban J connectivity index is 1.34. The van der Waals surface area contributed by atoms with E-state index in [1.807, 2.05) is 35.4 Å². The van der Waals surface area contributed by atoms with E-state index in [0.717, 1.165) is 70.3 Å². The molecule has 5 heteroatoms. The molecule has 2 aromatic rings. The van der Waals surface area contributed by atoms with Gasteiger partial charge in [-0.25, -0.2) is 0 Å². The molecule has 0 spiro atoms. The zero-order valence-electron chi connectivity index (χ0n) is 17.4. The Kier molecular flexibility index (Phi) is 6.24. The van der Waals surface area contributed by atoms with Crippen LogP contribution < -0.4 is 0 Å². The predicted octanol–water partition coefficient (Wildman–Crippen LogP) is 3.84. The number of carbonyl (C=O) groups excluding carboxylic acids is 1. The molecule has 1 fully saturated rings. The number of nitrogens with one attached hydrogen (secondary N) is 1. The molecule has 156 valence electrons. The van der Waals surface area contributed by atoms with Crippen LogP contribution in [-0.2, 0) is 12.8 Å². The van der Waals surface area contributed by atoms with Gasteiger partial charge in [-0.1, -0.05) is 19.1 Å². The molecule has 2 N–H and O–H groups in total. The van der Waals surface area contributed by atoms with E-state index in [9.17, 15) is 9.90 Å². The molecular weight excluding hydrogens is 362 g/mol. The van der Waals surface area contributed by atoms with Crippen LogP contribution in [-0.4, -0.2) is 58.0 Å². The fourth-order valence-corrected chi connectivity index (χ4v) is 5.07. The summed E-state index contributed by atoms with van der Waals surface area (Å²) in [6.45, 7) is 6.21. The second kappa shape index (κ2) is 9.04. The number of benzene rings is 1. The van der Waals surface area contributed by atoms with E-state index in [-0.39, 0.29) is 5.91 Å². The molecule has 1 aliphatic carbocycles. The van der Waals surface area contributed by atoms with E-state index < -0.39 is 0 Å². The van der Waals surface area contributed by atoms with Gasteiger partial charge in [-0.3, -0.25) is 9.69 Å². The summed E-state index contributed by atoms with van der Waals surface area (Å²) >= 11 is 0. The average molecular weight is 396 g/mol. The summed E-state index contributed by atoms with van der Waals surface area (Å²) in [6.07, 6.45) is 8.25. The maximum atomic E-state index is 12.5. The van der Waals surface area contributed by atoms with Crippen LogP contribution in [0.5, 0.6) is 5.75 Å². The molecule has 0 radical (unpaired) electrons. The number of hydrogen-bond acceptors (Lipinski definition) is 3. The molecule has 2 aliphatic rings. The summed E-state index contributed by atoms with van der Waals surface area (Å²) in [5.74, 6) is 1.24. The number of rotatable bonds is 6. The summed E-state index contributed by atoms with van der Waals surface area (Å²) in [5, 5.41) is 10.1. The van der Waals surface area contributed by atoms with E-state index in [1.54, 1.807) is 0 Å². The predicted molar refractivity (Wildman–Crippen MR) is 115 cm³/mol. The minimum Gasteiger partial charge on any atom is -0.508 e. The van der Waals surface area contributed by atoms with Crippen LogP contribution in [0, 0.1) is 5.92 Å². The van der Waals surface area contributed by atoms with Crippen LogP contribution in [0.2, 0.25) is 0 Å². The summed E-state index contributed by atoms with van der Waals surface area (Å²) in [6, 6.07) is 10.3. The first-order valence-corrected chi connectivity index (χ1v) is 11.1. The molecule has 29 heavy (non-hydrogen) atoms. The Morgan fingerprint density at radius 3 is 2.76 bits per heavy atom. The standard InChI is InChI=1S/C24H33N3O2/c1-2-13-27(20-8-9-21-19(16-20)5-3-7-23(21)28)17-18-10-14-26(15-11-18)24(29)22-6-4-12-25-22/h3-7,12,18,20,25,28H,2,8-11,13-17H2,1H3/t20-/m0/s1. The molecule has 1 amide bonds. The third-order valence-electron chi connectivity index (χ3n) is 6.68.